The maximum atomic E-state index is 12.1. The van der Waals surface area contributed by atoms with Crippen LogP contribution in [0.25, 0.3) is 0 Å². The van der Waals surface area contributed by atoms with Gasteiger partial charge in [-0.15, -0.1) is 0 Å². The molecule has 1 saturated carbocycles. The molecule has 2 aliphatic carbocycles. The van der Waals surface area contributed by atoms with Gasteiger partial charge in [0.15, 0.2) is 6.20 Å². The first-order valence-electron chi connectivity index (χ1n) is 8.39. The minimum absolute atomic E-state index is 0.000727. The zero-order valence-corrected chi connectivity index (χ0v) is 14.2. The molecule has 124 valence electrons. The number of aryl methyl sites for hydroxylation is 1. The first kappa shape index (κ1) is 15.5. The molecule has 1 amide bonds. The SMILES string of the molecule is O=C(CSc1cccc[n+]1[O-])NC[C@@H]1[C@H]2CCc3ccccc3[C@H]21. The molecule has 4 nitrogen and oxygen atoms in total. The molecule has 1 aromatic carbocycles. The summed E-state index contributed by atoms with van der Waals surface area (Å²) in [5, 5.41) is 15.2. The van der Waals surface area contributed by atoms with Crippen molar-refractivity contribution in [3.05, 3.63) is 65.0 Å². The predicted octanol–water partition coefficient (Wildman–Crippen LogP) is 2.50. The molecule has 5 heteroatoms. The van der Waals surface area contributed by atoms with E-state index in [4.69, 9.17) is 0 Å². The summed E-state index contributed by atoms with van der Waals surface area (Å²) in [6.07, 6.45) is 3.85. The molecule has 2 aromatic rings. The van der Waals surface area contributed by atoms with Crippen molar-refractivity contribution in [3.8, 4) is 0 Å². The molecule has 0 aliphatic heterocycles. The van der Waals surface area contributed by atoms with Crippen LogP contribution in [0.1, 0.15) is 23.5 Å². The Morgan fingerprint density at radius 3 is 2.96 bits per heavy atom. The zero-order chi connectivity index (χ0) is 16.5. The number of carbonyl (C=O) groups excluding carboxylic acids is 1. The number of hydrogen-bond acceptors (Lipinski definition) is 3. The van der Waals surface area contributed by atoms with Crippen molar-refractivity contribution in [2.75, 3.05) is 12.3 Å². The molecule has 24 heavy (non-hydrogen) atoms. The molecule has 0 spiro atoms. The fraction of sp³-hybridized carbons (Fsp3) is 0.368. The van der Waals surface area contributed by atoms with E-state index in [2.05, 4.69) is 29.6 Å². The lowest BCUT2D eigenvalue weighted by atomic mass is 9.92. The highest BCUT2D eigenvalue weighted by Crippen LogP contribution is 2.59. The largest absolute Gasteiger partial charge is 0.618 e. The molecular formula is C19H20N2O2S. The second kappa shape index (κ2) is 6.48. The van der Waals surface area contributed by atoms with E-state index in [0.717, 1.165) is 23.6 Å². The number of aromatic nitrogens is 1. The summed E-state index contributed by atoms with van der Waals surface area (Å²) in [5.41, 5.74) is 2.96. The Morgan fingerprint density at radius 1 is 1.25 bits per heavy atom. The van der Waals surface area contributed by atoms with Crippen LogP contribution in [0.4, 0.5) is 0 Å². The Hall–Kier alpha value is -2.01. The summed E-state index contributed by atoms with van der Waals surface area (Å²) < 4.78 is 0.796. The summed E-state index contributed by atoms with van der Waals surface area (Å²) >= 11 is 1.28. The van der Waals surface area contributed by atoms with Gasteiger partial charge < -0.3 is 10.5 Å². The minimum atomic E-state index is 0.000727. The molecule has 1 aromatic heterocycles. The quantitative estimate of drug-likeness (QED) is 0.517. The Bertz CT molecular complexity index is 765. The van der Waals surface area contributed by atoms with E-state index >= 15 is 0 Å². The van der Waals surface area contributed by atoms with Gasteiger partial charge in [0, 0.05) is 18.7 Å². The maximum absolute atomic E-state index is 12.1. The van der Waals surface area contributed by atoms with Crippen LogP contribution >= 0.6 is 11.8 Å². The number of nitrogens with zero attached hydrogens (tertiary/aromatic N) is 1. The summed E-state index contributed by atoms with van der Waals surface area (Å²) in [4.78, 5) is 12.1. The first-order valence-corrected chi connectivity index (χ1v) is 9.38. The van der Waals surface area contributed by atoms with Gasteiger partial charge in [-0.1, -0.05) is 24.3 Å². The normalized spacial score (nSPS) is 23.9. The Morgan fingerprint density at radius 2 is 2.08 bits per heavy atom. The Kier molecular flexibility index (Phi) is 4.19. The monoisotopic (exact) mass is 340 g/mol. The molecule has 4 rings (SSSR count). The van der Waals surface area contributed by atoms with Crippen molar-refractivity contribution >= 4 is 17.7 Å². The van der Waals surface area contributed by atoms with E-state index in [1.807, 2.05) is 0 Å². The van der Waals surface area contributed by atoms with E-state index < -0.39 is 0 Å². The second-order valence-corrected chi connectivity index (χ2v) is 7.54. The molecule has 2 aliphatic rings. The zero-order valence-electron chi connectivity index (χ0n) is 13.4. The lowest BCUT2D eigenvalue weighted by Crippen LogP contribution is -2.31. The summed E-state index contributed by atoms with van der Waals surface area (Å²) in [6.45, 7) is 0.745. The highest BCUT2D eigenvalue weighted by atomic mass is 32.2. The van der Waals surface area contributed by atoms with Gasteiger partial charge in [-0.25, -0.2) is 0 Å². The van der Waals surface area contributed by atoms with Gasteiger partial charge in [-0.2, -0.15) is 4.73 Å². The standard InChI is InChI=1S/C19H20N2O2S/c22-17(12-24-18-7-3-4-10-21(18)23)20-11-16-15-9-8-13-5-1-2-6-14(13)19(15)16/h1-7,10,15-16,19H,8-9,11-12H2,(H,20,22)/t15-,16-,19-/m1/s1. The maximum Gasteiger partial charge on any atom is 0.251 e. The molecular weight excluding hydrogens is 320 g/mol. The van der Waals surface area contributed by atoms with Crippen molar-refractivity contribution in [2.45, 2.75) is 23.8 Å². The second-order valence-electron chi connectivity index (χ2n) is 6.55. The molecule has 1 heterocycles. The van der Waals surface area contributed by atoms with Gasteiger partial charge in [0.1, 0.15) is 0 Å². The highest BCUT2D eigenvalue weighted by molar-refractivity contribution is 7.99. The van der Waals surface area contributed by atoms with Gasteiger partial charge in [0.25, 0.3) is 5.03 Å². The van der Waals surface area contributed by atoms with E-state index in [1.54, 1.807) is 18.2 Å². The van der Waals surface area contributed by atoms with Crippen molar-refractivity contribution in [3.63, 3.8) is 0 Å². The summed E-state index contributed by atoms with van der Waals surface area (Å²) in [6, 6.07) is 13.9. The number of nitrogens with one attached hydrogen (secondary N) is 1. The van der Waals surface area contributed by atoms with Crippen molar-refractivity contribution < 1.29 is 9.52 Å². The van der Waals surface area contributed by atoms with Gasteiger partial charge in [-0.05, 0) is 59.6 Å². The third-order valence-corrected chi connectivity index (χ3v) is 6.19. The number of amides is 1. The van der Waals surface area contributed by atoms with Crippen molar-refractivity contribution in [2.24, 2.45) is 11.8 Å². The first-order chi connectivity index (χ1) is 11.7. The molecule has 0 bridgehead atoms. The molecule has 0 radical (unpaired) electrons. The average molecular weight is 340 g/mol. The Balaban J connectivity index is 1.28. The number of benzene rings is 1. The van der Waals surface area contributed by atoms with E-state index in [-0.39, 0.29) is 11.7 Å². The van der Waals surface area contributed by atoms with Crippen LogP contribution in [0, 0.1) is 17.0 Å². The smallest absolute Gasteiger partial charge is 0.251 e. The molecule has 1 fully saturated rings. The van der Waals surface area contributed by atoms with Crippen LogP contribution in [-0.4, -0.2) is 18.2 Å². The average Bonchev–Trinajstić information content (AvgIpc) is 3.33. The molecule has 0 unspecified atom stereocenters. The van der Waals surface area contributed by atoms with Crippen LogP contribution in [-0.2, 0) is 11.2 Å². The minimum Gasteiger partial charge on any atom is -0.618 e. The number of hydrogen-bond donors (Lipinski definition) is 1. The molecule has 1 N–H and O–H groups in total. The fourth-order valence-corrected chi connectivity index (χ4v) is 4.68. The van der Waals surface area contributed by atoms with Crippen LogP contribution in [0.2, 0.25) is 0 Å². The van der Waals surface area contributed by atoms with E-state index in [1.165, 1.54) is 35.5 Å². The molecule has 0 saturated heterocycles. The number of rotatable bonds is 5. The van der Waals surface area contributed by atoms with Crippen LogP contribution < -0.4 is 10.0 Å². The number of pyridine rings is 1. The third kappa shape index (κ3) is 3.00. The number of fused-ring (bicyclic) bond motifs is 3. The van der Waals surface area contributed by atoms with Crippen molar-refractivity contribution in [1.82, 2.24) is 5.32 Å². The molecule has 3 atom stereocenters. The lowest BCUT2D eigenvalue weighted by Gasteiger charge is -2.13. The van der Waals surface area contributed by atoms with Gasteiger partial charge >= 0.3 is 0 Å². The number of thioether (sulfide) groups is 1. The Labute approximate surface area is 145 Å². The van der Waals surface area contributed by atoms with Crippen LogP contribution in [0.3, 0.4) is 0 Å². The topological polar surface area (TPSA) is 56.0 Å². The fourth-order valence-electron chi connectivity index (χ4n) is 3.93. The summed E-state index contributed by atoms with van der Waals surface area (Å²) in [7, 11) is 0. The summed E-state index contributed by atoms with van der Waals surface area (Å²) in [5.74, 6) is 2.21. The van der Waals surface area contributed by atoms with Gasteiger partial charge in [-0.3, -0.25) is 4.79 Å². The lowest BCUT2D eigenvalue weighted by molar-refractivity contribution is -0.645. The van der Waals surface area contributed by atoms with Gasteiger partial charge in [0.05, 0.1) is 5.75 Å². The van der Waals surface area contributed by atoms with Crippen molar-refractivity contribution in [1.29, 1.82) is 0 Å². The van der Waals surface area contributed by atoms with Crippen LogP contribution in [0.5, 0.6) is 0 Å². The van der Waals surface area contributed by atoms with E-state index in [0.29, 0.717) is 16.9 Å². The third-order valence-electron chi connectivity index (χ3n) is 5.17. The predicted molar refractivity (Wildman–Crippen MR) is 93.6 cm³/mol. The number of carbonyl (C=O) groups is 1. The van der Waals surface area contributed by atoms with Gasteiger partial charge in [0.2, 0.25) is 5.91 Å². The van der Waals surface area contributed by atoms with Crippen LogP contribution in [0.15, 0.2) is 53.7 Å². The highest BCUT2D eigenvalue weighted by Gasteiger charge is 2.52. The van der Waals surface area contributed by atoms with E-state index in [9.17, 15) is 10.0 Å².